The molecule has 0 amide bonds. The fourth-order valence-electron chi connectivity index (χ4n) is 2.80. The quantitative estimate of drug-likeness (QED) is 0.547. The molecule has 0 saturated carbocycles. The van der Waals surface area contributed by atoms with Crippen LogP contribution in [0.3, 0.4) is 0 Å². The van der Waals surface area contributed by atoms with Crippen LogP contribution >= 0.6 is 0 Å². The monoisotopic (exact) mass is 328 g/mol. The van der Waals surface area contributed by atoms with Crippen molar-refractivity contribution in [2.45, 2.75) is 6.54 Å². The summed E-state index contributed by atoms with van der Waals surface area (Å²) in [6, 6.07) is 19.0. The van der Waals surface area contributed by atoms with E-state index in [0.717, 1.165) is 22.2 Å². The Morgan fingerprint density at radius 3 is 2.72 bits per heavy atom. The van der Waals surface area contributed by atoms with E-state index < -0.39 is 0 Å². The molecule has 0 radical (unpaired) electrons. The zero-order valence-electron chi connectivity index (χ0n) is 13.4. The van der Waals surface area contributed by atoms with Crippen molar-refractivity contribution in [1.82, 2.24) is 15.2 Å². The number of hydrogen-bond donors (Lipinski definition) is 2. The number of H-pyrrole nitrogens is 1. The Bertz CT molecular complexity index is 1020. The summed E-state index contributed by atoms with van der Waals surface area (Å²) < 4.78 is 0. The molecule has 0 saturated heterocycles. The summed E-state index contributed by atoms with van der Waals surface area (Å²) in [6.07, 6.45) is 3.54. The highest BCUT2D eigenvalue weighted by Gasteiger charge is 2.18. The lowest BCUT2D eigenvalue weighted by Gasteiger charge is -2.10. The van der Waals surface area contributed by atoms with Gasteiger partial charge >= 0.3 is 0 Å². The van der Waals surface area contributed by atoms with Gasteiger partial charge in [-0.2, -0.15) is 5.10 Å². The summed E-state index contributed by atoms with van der Waals surface area (Å²) >= 11 is 0. The maximum absolute atomic E-state index is 13.0. The second-order valence-electron chi connectivity index (χ2n) is 5.71. The SMILES string of the molecule is O=C(c1ccccc1NCc1cccnc1)c1n[nH]c2ccccc12. The second-order valence-corrected chi connectivity index (χ2v) is 5.71. The van der Waals surface area contributed by atoms with E-state index in [1.54, 1.807) is 12.4 Å². The number of para-hydroxylation sites is 2. The molecule has 2 aromatic heterocycles. The first kappa shape index (κ1) is 15.1. The van der Waals surface area contributed by atoms with E-state index in [9.17, 15) is 4.79 Å². The molecule has 0 aliphatic carbocycles. The van der Waals surface area contributed by atoms with Crippen molar-refractivity contribution in [3.63, 3.8) is 0 Å². The molecule has 2 aromatic carbocycles. The highest BCUT2D eigenvalue weighted by molar-refractivity contribution is 6.17. The Morgan fingerprint density at radius 1 is 1.00 bits per heavy atom. The molecule has 2 N–H and O–H groups in total. The van der Waals surface area contributed by atoms with E-state index in [4.69, 9.17) is 0 Å². The molecule has 122 valence electrons. The number of nitrogens with zero attached hydrogens (tertiary/aromatic N) is 2. The Labute approximate surface area is 144 Å². The fourth-order valence-corrected chi connectivity index (χ4v) is 2.80. The number of anilines is 1. The standard InChI is InChI=1S/C20H16N4O/c25-20(19-15-7-1-4-10-18(15)23-24-19)16-8-2-3-9-17(16)22-13-14-6-5-11-21-12-14/h1-12,22H,13H2,(H,23,24). The summed E-state index contributed by atoms with van der Waals surface area (Å²) in [7, 11) is 0. The molecule has 0 fully saturated rings. The molecule has 0 unspecified atom stereocenters. The summed E-state index contributed by atoms with van der Waals surface area (Å²) in [5, 5.41) is 11.3. The van der Waals surface area contributed by atoms with Gasteiger partial charge in [0.25, 0.3) is 0 Å². The Balaban J connectivity index is 1.65. The van der Waals surface area contributed by atoms with Gasteiger partial charge in [-0.05, 0) is 29.8 Å². The number of benzene rings is 2. The predicted molar refractivity (Wildman–Crippen MR) is 97.5 cm³/mol. The molecule has 0 spiro atoms. The molecule has 0 aliphatic rings. The van der Waals surface area contributed by atoms with Crippen LogP contribution in [0.4, 0.5) is 5.69 Å². The molecule has 5 nitrogen and oxygen atoms in total. The number of rotatable bonds is 5. The smallest absolute Gasteiger partial charge is 0.215 e. The zero-order chi connectivity index (χ0) is 17.1. The van der Waals surface area contributed by atoms with Gasteiger partial charge in [0, 0.05) is 35.6 Å². The number of hydrogen-bond acceptors (Lipinski definition) is 4. The van der Waals surface area contributed by atoms with Crippen molar-refractivity contribution in [3.8, 4) is 0 Å². The number of carbonyl (C=O) groups is 1. The van der Waals surface area contributed by atoms with Gasteiger partial charge in [0.15, 0.2) is 0 Å². The number of ketones is 1. The third kappa shape index (κ3) is 2.99. The summed E-state index contributed by atoms with van der Waals surface area (Å²) in [5.74, 6) is -0.105. The lowest BCUT2D eigenvalue weighted by Crippen LogP contribution is -2.08. The minimum absolute atomic E-state index is 0.105. The van der Waals surface area contributed by atoms with Gasteiger partial charge in [-0.25, -0.2) is 0 Å². The average molecular weight is 328 g/mol. The lowest BCUT2D eigenvalue weighted by molar-refractivity contribution is 0.103. The van der Waals surface area contributed by atoms with Crippen LogP contribution in [0.5, 0.6) is 0 Å². The summed E-state index contributed by atoms with van der Waals surface area (Å²) in [4.78, 5) is 17.1. The number of aromatic amines is 1. The third-order valence-electron chi connectivity index (χ3n) is 4.06. The van der Waals surface area contributed by atoms with Crippen LogP contribution in [0, 0.1) is 0 Å². The average Bonchev–Trinajstić information content (AvgIpc) is 3.11. The molecule has 5 heteroatoms. The minimum Gasteiger partial charge on any atom is -0.380 e. The number of carbonyl (C=O) groups excluding carboxylic acids is 1. The summed E-state index contributed by atoms with van der Waals surface area (Å²) in [5.41, 5.74) is 3.72. The highest BCUT2D eigenvalue weighted by Crippen LogP contribution is 2.23. The van der Waals surface area contributed by atoms with Gasteiger partial charge in [-0.15, -0.1) is 0 Å². The summed E-state index contributed by atoms with van der Waals surface area (Å²) in [6.45, 7) is 0.597. The van der Waals surface area contributed by atoms with Gasteiger partial charge < -0.3 is 5.32 Å². The van der Waals surface area contributed by atoms with Gasteiger partial charge in [-0.3, -0.25) is 14.9 Å². The number of pyridine rings is 1. The van der Waals surface area contributed by atoms with E-state index in [0.29, 0.717) is 17.8 Å². The Morgan fingerprint density at radius 2 is 1.84 bits per heavy atom. The highest BCUT2D eigenvalue weighted by atomic mass is 16.1. The van der Waals surface area contributed by atoms with Crippen LogP contribution in [0.1, 0.15) is 21.6 Å². The van der Waals surface area contributed by atoms with Crippen LogP contribution in [0.25, 0.3) is 10.9 Å². The van der Waals surface area contributed by atoms with Crippen molar-refractivity contribution in [2.24, 2.45) is 0 Å². The van der Waals surface area contributed by atoms with Crippen molar-refractivity contribution >= 4 is 22.4 Å². The molecule has 2 heterocycles. The molecule has 25 heavy (non-hydrogen) atoms. The van der Waals surface area contributed by atoms with E-state index in [2.05, 4.69) is 20.5 Å². The van der Waals surface area contributed by atoms with Crippen LogP contribution < -0.4 is 5.32 Å². The first-order valence-corrected chi connectivity index (χ1v) is 8.02. The molecular weight excluding hydrogens is 312 g/mol. The third-order valence-corrected chi connectivity index (χ3v) is 4.06. The molecule has 0 aliphatic heterocycles. The van der Waals surface area contributed by atoms with Crippen molar-refractivity contribution in [1.29, 1.82) is 0 Å². The van der Waals surface area contributed by atoms with E-state index >= 15 is 0 Å². The predicted octanol–water partition coefficient (Wildman–Crippen LogP) is 3.80. The molecular formula is C20H16N4O. The van der Waals surface area contributed by atoms with E-state index in [1.807, 2.05) is 60.7 Å². The van der Waals surface area contributed by atoms with Crippen molar-refractivity contribution in [3.05, 3.63) is 89.9 Å². The van der Waals surface area contributed by atoms with E-state index in [1.165, 1.54) is 0 Å². The van der Waals surface area contributed by atoms with Crippen molar-refractivity contribution < 1.29 is 4.79 Å². The van der Waals surface area contributed by atoms with E-state index in [-0.39, 0.29) is 5.78 Å². The van der Waals surface area contributed by atoms with Gasteiger partial charge in [0.1, 0.15) is 5.69 Å². The Kier molecular flexibility index (Phi) is 3.96. The molecule has 4 rings (SSSR count). The topological polar surface area (TPSA) is 70.7 Å². The maximum atomic E-state index is 13.0. The first-order valence-electron chi connectivity index (χ1n) is 8.02. The first-order chi connectivity index (χ1) is 12.3. The van der Waals surface area contributed by atoms with Gasteiger partial charge in [0.05, 0.1) is 5.52 Å². The van der Waals surface area contributed by atoms with Crippen LogP contribution in [0.15, 0.2) is 73.1 Å². The van der Waals surface area contributed by atoms with Crippen molar-refractivity contribution in [2.75, 3.05) is 5.32 Å². The zero-order valence-corrected chi connectivity index (χ0v) is 13.4. The minimum atomic E-state index is -0.105. The number of nitrogens with one attached hydrogen (secondary N) is 2. The number of fused-ring (bicyclic) bond motifs is 1. The fraction of sp³-hybridized carbons (Fsp3) is 0.0500. The normalized spacial score (nSPS) is 10.7. The van der Waals surface area contributed by atoms with Gasteiger partial charge in [-0.1, -0.05) is 36.4 Å². The Hall–Kier alpha value is -3.47. The molecule has 0 bridgehead atoms. The maximum Gasteiger partial charge on any atom is 0.215 e. The molecule has 4 aromatic rings. The lowest BCUT2D eigenvalue weighted by atomic mass is 10.0. The largest absolute Gasteiger partial charge is 0.380 e. The van der Waals surface area contributed by atoms with Crippen LogP contribution in [-0.4, -0.2) is 21.0 Å². The van der Waals surface area contributed by atoms with Crippen LogP contribution in [-0.2, 0) is 6.54 Å². The van der Waals surface area contributed by atoms with Crippen LogP contribution in [0.2, 0.25) is 0 Å². The number of aromatic nitrogens is 3. The van der Waals surface area contributed by atoms with Gasteiger partial charge in [0.2, 0.25) is 5.78 Å². The molecule has 0 atom stereocenters. The second kappa shape index (κ2) is 6.57.